The Hall–Kier alpha value is -3.14. The number of likely N-dealkylation sites (tertiary alicyclic amines) is 1. The van der Waals surface area contributed by atoms with Crippen LogP contribution in [0.1, 0.15) is 30.6 Å². The second kappa shape index (κ2) is 14.3. The molecule has 11 nitrogen and oxygen atoms in total. The lowest BCUT2D eigenvalue weighted by molar-refractivity contribution is -0.124. The van der Waals surface area contributed by atoms with Crippen LogP contribution in [0.25, 0.3) is 10.6 Å². The van der Waals surface area contributed by atoms with E-state index in [1.54, 1.807) is 6.20 Å². The van der Waals surface area contributed by atoms with Crippen LogP contribution in [0.2, 0.25) is 5.02 Å². The normalized spacial score (nSPS) is 20.6. The van der Waals surface area contributed by atoms with Gasteiger partial charge in [0.25, 0.3) is 10.2 Å². The van der Waals surface area contributed by atoms with Gasteiger partial charge >= 0.3 is 0 Å². The van der Waals surface area contributed by atoms with E-state index in [0.29, 0.717) is 6.61 Å². The number of hydrogen-bond acceptors (Lipinski definition) is 8. The minimum absolute atomic E-state index is 0.122. The predicted molar refractivity (Wildman–Crippen MR) is 167 cm³/mol. The zero-order valence-corrected chi connectivity index (χ0v) is 26.5. The van der Waals surface area contributed by atoms with Crippen LogP contribution < -0.4 is 20.1 Å². The molecule has 3 heterocycles. The number of nitrogens with one attached hydrogen (secondary N) is 3. The molecule has 3 N–H and O–H groups in total. The van der Waals surface area contributed by atoms with E-state index in [1.807, 2.05) is 24.3 Å². The fourth-order valence-corrected chi connectivity index (χ4v) is 7.36. The molecule has 0 saturated carbocycles. The number of carbonyl (C=O) groups is 2. The molecule has 2 aliphatic rings. The van der Waals surface area contributed by atoms with Crippen LogP contribution in [0.15, 0.2) is 48.7 Å². The van der Waals surface area contributed by atoms with Gasteiger partial charge in [-0.25, -0.2) is 9.37 Å². The summed E-state index contributed by atoms with van der Waals surface area (Å²) in [7, 11) is -2.89. The van der Waals surface area contributed by atoms with Gasteiger partial charge in [0.1, 0.15) is 35.3 Å². The average Bonchev–Trinajstić information content (AvgIpc) is 3.49. The minimum Gasteiger partial charge on any atom is -0.492 e. The van der Waals surface area contributed by atoms with Gasteiger partial charge in [0, 0.05) is 35.9 Å². The average molecular weight is 665 g/mol. The van der Waals surface area contributed by atoms with Crippen molar-refractivity contribution in [3.8, 4) is 16.3 Å². The molecule has 2 aromatic carbocycles. The lowest BCUT2D eigenvalue weighted by atomic mass is 10.1. The standard InChI is InChI=1S/C29H34ClFN6O5S2/c1-36-26(28(39)34-20-7-10-24(31)23(30)15-20)16-25(35-44(36,40)41)27(38)32-17-22-18-33-29(43-22)19-5-8-21(9-6-19)42-14-13-37-11-3-2-4-12-37/h5-10,15,18,25-26,35H,2-4,11-14,16-17H2,1H3,(H,32,38)(H,34,39). The molecule has 2 amide bonds. The van der Waals surface area contributed by atoms with Gasteiger partial charge in [-0.3, -0.25) is 14.5 Å². The van der Waals surface area contributed by atoms with E-state index in [0.717, 1.165) is 51.2 Å². The van der Waals surface area contributed by atoms with E-state index < -0.39 is 39.9 Å². The van der Waals surface area contributed by atoms with Crippen LogP contribution in [0, 0.1) is 5.82 Å². The van der Waals surface area contributed by atoms with E-state index in [-0.39, 0.29) is 23.7 Å². The van der Waals surface area contributed by atoms with Gasteiger partial charge in [-0.05, 0) is 74.8 Å². The molecule has 2 aliphatic heterocycles. The van der Waals surface area contributed by atoms with Crippen LogP contribution in [-0.2, 0) is 26.3 Å². The molecule has 2 atom stereocenters. The van der Waals surface area contributed by atoms with Gasteiger partial charge in [-0.2, -0.15) is 17.4 Å². The summed E-state index contributed by atoms with van der Waals surface area (Å²) in [6.45, 7) is 3.96. The van der Waals surface area contributed by atoms with Crippen molar-refractivity contribution in [3.63, 3.8) is 0 Å². The number of benzene rings is 2. The first-order chi connectivity index (χ1) is 21.1. The number of aromatic nitrogens is 1. The molecule has 0 bridgehead atoms. The number of nitrogens with zero attached hydrogens (tertiary/aromatic N) is 3. The van der Waals surface area contributed by atoms with Crippen molar-refractivity contribution >= 4 is 50.6 Å². The van der Waals surface area contributed by atoms with Crippen LogP contribution in [-0.4, -0.2) is 79.8 Å². The van der Waals surface area contributed by atoms with Gasteiger partial charge in [-0.15, -0.1) is 11.3 Å². The topological polar surface area (TPSA) is 133 Å². The summed E-state index contributed by atoms with van der Waals surface area (Å²) in [6.07, 6.45) is 5.35. The molecule has 0 aliphatic carbocycles. The molecule has 2 fully saturated rings. The third kappa shape index (κ3) is 8.11. The first-order valence-corrected chi connectivity index (χ1v) is 16.9. The first-order valence-electron chi connectivity index (χ1n) is 14.3. The highest BCUT2D eigenvalue weighted by atomic mass is 35.5. The number of ether oxygens (including phenoxy) is 1. The summed E-state index contributed by atoms with van der Waals surface area (Å²) in [5, 5.41) is 5.86. The number of hydrogen-bond donors (Lipinski definition) is 3. The number of piperidine rings is 1. The Kier molecular flexibility index (Phi) is 10.5. The van der Waals surface area contributed by atoms with Crippen LogP contribution >= 0.6 is 22.9 Å². The van der Waals surface area contributed by atoms with Crippen molar-refractivity contribution in [1.82, 2.24) is 24.2 Å². The monoisotopic (exact) mass is 664 g/mol. The SMILES string of the molecule is CN1C(C(=O)Nc2ccc(F)c(Cl)c2)CC(C(=O)NCc2cnc(-c3ccc(OCCN4CCCCC4)cc3)s2)NS1(=O)=O. The molecule has 236 valence electrons. The number of thiazole rings is 1. The summed E-state index contributed by atoms with van der Waals surface area (Å²) in [5.41, 5.74) is 1.11. The van der Waals surface area contributed by atoms with Gasteiger partial charge in [0.05, 0.1) is 11.6 Å². The van der Waals surface area contributed by atoms with E-state index in [1.165, 1.54) is 49.8 Å². The van der Waals surface area contributed by atoms with Crippen molar-refractivity contribution in [2.75, 3.05) is 38.6 Å². The molecule has 1 aromatic heterocycles. The lowest BCUT2D eigenvalue weighted by Gasteiger charge is -2.35. The third-order valence-electron chi connectivity index (χ3n) is 7.59. The van der Waals surface area contributed by atoms with Gasteiger partial charge < -0.3 is 15.4 Å². The van der Waals surface area contributed by atoms with E-state index in [4.69, 9.17) is 16.3 Å². The number of carbonyl (C=O) groups excluding carboxylic acids is 2. The number of likely N-dealkylation sites (N-methyl/N-ethyl adjacent to an activating group) is 1. The van der Waals surface area contributed by atoms with Gasteiger partial charge in [0.2, 0.25) is 11.8 Å². The van der Waals surface area contributed by atoms with Crippen molar-refractivity contribution in [2.24, 2.45) is 0 Å². The molecule has 3 aromatic rings. The summed E-state index contributed by atoms with van der Waals surface area (Å²) in [4.78, 5) is 33.6. The smallest absolute Gasteiger partial charge is 0.280 e. The molecule has 2 unspecified atom stereocenters. The fourth-order valence-electron chi connectivity index (χ4n) is 5.07. The maximum atomic E-state index is 13.5. The summed E-state index contributed by atoms with van der Waals surface area (Å²) < 4.78 is 48.0. The van der Waals surface area contributed by atoms with Crippen molar-refractivity contribution in [1.29, 1.82) is 0 Å². The van der Waals surface area contributed by atoms with Crippen LogP contribution in [0.3, 0.4) is 0 Å². The van der Waals surface area contributed by atoms with E-state index >= 15 is 0 Å². The van der Waals surface area contributed by atoms with Crippen LogP contribution in [0.5, 0.6) is 5.75 Å². The van der Waals surface area contributed by atoms with Crippen molar-refractivity contribution < 1.29 is 27.1 Å². The maximum absolute atomic E-state index is 13.5. The molecule has 5 rings (SSSR count). The fraction of sp³-hybridized carbons (Fsp3) is 0.414. The van der Waals surface area contributed by atoms with Crippen molar-refractivity contribution in [2.45, 2.75) is 44.3 Å². The number of rotatable bonds is 10. The molecule has 44 heavy (non-hydrogen) atoms. The van der Waals surface area contributed by atoms with Gasteiger partial charge in [-0.1, -0.05) is 18.0 Å². The summed E-state index contributed by atoms with van der Waals surface area (Å²) in [5.74, 6) is -1.12. The first kappa shape index (κ1) is 32.3. The van der Waals surface area contributed by atoms with Crippen molar-refractivity contribution in [3.05, 3.63) is 64.4 Å². The summed E-state index contributed by atoms with van der Waals surface area (Å²) in [6, 6.07) is 8.95. The highest BCUT2D eigenvalue weighted by Crippen LogP contribution is 2.27. The van der Waals surface area contributed by atoms with E-state index in [2.05, 4.69) is 25.2 Å². The summed E-state index contributed by atoms with van der Waals surface area (Å²) >= 11 is 7.19. The number of anilines is 1. The molecule has 0 spiro atoms. The maximum Gasteiger partial charge on any atom is 0.280 e. The molecule has 15 heteroatoms. The number of amides is 2. The Morgan fingerprint density at radius 2 is 1.89 bits per heavy atom. The quantitative estimate of drug-likeness (QED) is 0.302. The largest absolute Gasteiger partial charge is 0.492 e. The predicted octanol–water partition coefficient (Wildman–Crippen LogP) is 3.63. The zero-order valence-electron chi connectivity index (χ0n) is 24.1. The minimum atomic E-state index is -4.13. The molecule has 2 saturated heterocycles. The van der Waals surface area contributed by atoms with Crippen LogP contribution in [0.4, 0.5) is 10.1 Å². The second-order valence-corrected chi connectivity index (χ2v) is 14.0. The Morgan fingerprint density at radius 3 is 2.61 bits per heavy atom. The Labute approximate surface area is 264 Å². The second-order valence-electron chi connectivity index (χ2n) is 10.7. The van der Waals surface area contributed by atoms with E-state index in [9.17, 15) is 22.4 Å². The molecular weight excluding hydrogens is 631 g/mol. The number of halogens is 2. The third-order valence-corrected chi connectivity index (χ3v) is 10.5. The highest BCUT2D eigenvalue weighted by Gasteiger charge is 2.42. The zero-order chi connectivity index (χ0) is 31.3. The lowest BCUT2D eigenvalue weighted by Crippen LogP contribution is -2.62. The Bertz CT molecular complexity index is 1580. The molecular formula is C29H34ClFN6O5S2. The highest BCUT2D eigenvalue weighted by molar-refractivity contribution is 7.87. The van der Waals surface area contributed by atoms with Gasteiger partial charge in [0.15, 0.2) is 0 Å². The Morgan fingerprint density at radius 1 is 1.14 bits per heavy atom. The Balaban J connectivity index is 1.13. The molecule has 0 radical (unpaired) electrons.